The molecule has 0 radical (unpaired) electrons. The number of amides is 5. The van der Waals surface area contributed by atoms with Crippen LogP contribution in [0.15, 0.2) is 24.3 Å². The fourth-order valence-corrected chi connectivity index (χ4v) is 4.11. The molecule has 38 heavy (non-hydrogen) atoms. The number of hydrogen-bond donors (Lipinski definition) is 4. The molecule has 1 heterocycles. The zero-order valence-electron chi connectivity index (χ0n) is 23.6. The maximum atomic E-state index is 12.9. The summed E-state index contributed by atoms with van der Waals surface area (Å²) < 4.78 is 0. The van der Waals surface area contributed by atoms with Gasteiger partial charge in [-0.2, -0.15) is 0 Å². The summed E-state index contributed by atoms with van der Waals surface area (Å²) >= 11 is 0. The van der Waals surface area contributed by atoms with Crippen molar-refractivity contribution in [2.45, 2.75) is 86.0 Å². The Morgan fingerprint density at radius 1 is 0.921 bits per heavy atom. The van der Waals surface area contributed by atoms with E-state index < -0.39 is 23.9 Å². The number of anilines is 1. The molecule has 4 N–H and O–H groups in total. The van der Waals surface area contributed by atoms with E-state index in [1.165, 1.54) is 0 Å². The van der Waals surface area contributed by atoms with Crippen LogP contribution in [-0.4, -0.2) is 59.1 Å². The predicted octanol–water partition coefficient (Wildman–Crippen LogP) is 2.19. The van der Waals surface area contributed by atoms with Crippen LogP contribution in [0, 0.1) is 17.8 Å². The Labute approximate surface area is 225 Å². The van der Waals surface area contributed by atoms with Crippen LogP contribution in [0.4, 0.5) is 5.69 Å². The van der Waals surface area contributed by atoms with Gasteiger partial charge in [-0.25, -0.2) is 0 Å². The summed E-state index contributed by atoms with van der Waals surface area (Å²) in [6.07, 6.45) is 0.0616. The van der Waals surface area contributed by atoms with Gasteiger partial charge >= 0.3 is 0 Å². The molecule has 1 saturated heterocycles. The molecule has 0 aromatic heterocycles. The van der Waals surface area contributed by atoms with Gasteiger partial charge in [-0.1, -0.05) is 53.7 Å². The number of nitrogens with one attached hydrogen (secondary N) is 4. The van der Waals surface area contributed by atoms with Crippen molar-refractivity contribution in [2.75, 3.05) is 11.9 Å². The van der Waals surface area contributed by atoms with E-state index in [0.717, 1.165) is 17.0 Å². The molecule has 1 aliphatic heterocycles. The summed E-state index contributed by atoms with van der Waals surface area (Å²) in [4.78, 5) is 64.0. The minimum atomic E-state index is -0.876. The zero-order chi connectivity index (χ0) is 28.6. The van der Waals surface area contributed by atoms with Crippen molar-refractivity contribution in [1.82, 2.24) is 20.9 Å². The Morgan fingerprint density at radius 2 is 1.55 bits per heavy atom. The van der Waals surface area contributed by atoms with Crippen LogP contribution in [0.25, 0.3) is 0 Å². The molecule has 2 rings (SSSR count). The zero-order valence-corrected chi connectivity index (χ0v) is 23.6. The predicted molar refractivity (Wildman–Crippen MR) is 146 cm³/mol. The minimum Gasteiger partial charge on any atom is -0.344 e. The van der Waals surface area contributed by atoms with Gasteiger partial charge in [0, 0.05) is 43.6 Å². The highest BCUT2D eigenvalue weighted by molar-refractivity contribution is 6.04. The van der Waals surface area contributed by atoms with Crippen molar-refractivity contribution >= 4 is 35.2 Å². The summed E-state index contributed by atoms with van der Waals surface area (Å²) in [5.74, 6) is -2.40. The van der Waals surface area contributed by atoms with E-state index in [4.69, 9.17) is 0 Å². The second-order valence-corrected chi connectivity index (χ2v) is 10.9. The van der Waals surface area contributed by atoms with E-state index in [1.54, 1.807) is 32.9 Å². The van der Waals surface area contributed by atoms with Gasteiger partial charge in [-0.15, -0.1) is 0 Å². The second kappa shape index (κ2) is 14.0. The highest BCUT2D eigenvalue weighted by Gasteiger charge is 2.40. The van der Waals surface area contributed by atoms with E-state index >= 15 is 0 Å². The molecule has 1 aromatic carbocycles. The first-order chi connectivity index (χ1) is 17.8. The number of benzene rings is 1. The quantitative estimate of drug-likeness (QED) is 0.289. The van der Waals surface area contributed by atoms with Gasteiger partial charge in [-0.3, -0.25) is 28.9 Å². The molecule has 0 aliphatic carbocycles. The van der Waals surface area contributed by atoms with Crippen molar-refractivity contribution in [3.05, 3.63) is 29.8 Å². The average Bonchev–Trinajstić information content (AvgIpc) is 3.13. The van der Waals surface area contributed by atoms with Crippen LogP contribution < -0.4 is 21.3 Å². The lowest BCUT2D eigenvalue weighted by molar-refractivity contribution is -0.140. The molecule has 0 spiro atoms. The summed E-state index contributed by atoms with van der Waals surface area (Å²) in [5, 5.41) is 11.5. The second-order valence-electron chi connectivity index (χ2n) is 10.9. The molecule has 0 saturated carbocycles. The lowest BCUT2D eigenvalue weighted by Gasteiger charge is -2.24. The molecule has 1 aromatic rings. The molecule has 5 amide bonds. The van der Waals surface area contributed by atoms with E-state index in [1.807, 2.05) is 26.0 Å². The van der Waals surface area contributed by atoms with Crippen molar-refractivity contribution in [1.29, 1.82) is 0 Å². The summed E-state index contributed by atoms with van der Waals surface area (Å²) in [7, 11) is 0. The van der Waals surface area contributed by atoms with Crippen LogP contribution in [0.2, 0.25) is 0 Å². The number of hydrogen-bond acceptors (Lipinski definition) is 6. The Hall–Kier alpha value is -3.27. The fourth-order valence-electron chi connectivity index (χ4n) is 4.11. The largest absolute Gasteiger partial charge is 0.344 e. The van der Waals surface area contributed by atoms with Crippen LogP contribution >= 0.6 is 0 Å². The van der Waals surface area contributed by atoms with Crippen LogP contribution in [0.3, 0.4) is 0 Å². The third kappa shape index (κ3) is 8.93. The lowest BCUT2D eigenvalue weighted by atomic mass is 9.94. The normalized spacial score (nSPS) is 17.2. The Morgan fingerprint density at radius 3 is 2.08 bits per heavy atom. The number of carbonyl (C=O) groups excluding carboxylic acids is 5. The highest BCUT2D eigenvalue weighted by Crippen LogP contribution is 2.26. The third-order valence-corrected chi connectivity index (χ3v) is 6.60. The molecule has 1 aliphatic rings. The molecule has 1 fully saturated rings. The maximum absolute atomic E-state index is 12.9. The van der Waals surface area contributed by atoms with Gasteiger partial charge in [0.25, 0.3) is 0 Å². The Balaban J connectivity index is 1.87. The molecule has 1 unspecified atom stereocenters. The number of imide groups is 1. The molecule has 3 atom stereocenters. The average molecular weight is 530 g/mol. The maximum Gasteiger partial charge on any atom is 0.246 e. The van der Waals surface area contributed by atoms with Gasteiger partial charge in [0.15, 0.2) is 0 Å². The Bertz CT molecular complexity index is 1010. The first-order valence-electron chi connectivity index (χ1n) is 13.4. The van der Waals surface area contributed by atoms with Crippen LogP contribution in [-0.2, 0) is 30.5 Å². The number of likely N-dealkylation sites (tertiary alicyclic amines) is 1. The van der Waals surface area contributed by atoms with Crippen molar-refractivity contribution in [2.24, 2.45) is 17.8 Å². The van der Waals surface area contributed by atoms with Crippen LogP contribution in [0.5, 0.6) is 0 Å². The molecule has 0 bridgehead atoms. The topological polar surface area (TPSA) is 137 Å². The molecular formula is C28H43N5O5. The van der Waals surface area contributed by atoms with Gasteiger partial charge in [0.05, 0.1) is 0 Å². The van der Waals surface area contributed by atoms with E-state index in [2.05, 4.69) is 35.1 Å². The minimum absolute atomic E-state index is 0.0235. The van der Waals surface area contributed by atoms with E-state index in [-0.39, 0.29) is 54.9 Å². The van der Waals surface area contributed by atoms with Crippen molar-refractivity contribution < 1.29 is 24.0 Å². The van der Waals surface area contributed by atoms with Crippen molar-refractivity contribution in [3.63, 3.8) is 0 Å². The lowest BCUT2D eigenvalue weighted by Crippen LogP contribution is -2.54. The summed E-state index contributed by atoms with van der Waals surface area (Å²) in [5.41, 5.74) is 1.70. The first kappa shape index (κ1) is 31.0. The highest BCUT2D eigenvalue weighted by atomic mass is 16.2. The molecule has 10 nitrogen and oxygen atoms in total. The van der Waals surface area contributed by atoms with E-state index in [0.29, 0.717) is 11.7 Å². The number of carbonyl (C=O) groups is 5. The van der Waals surface area contributed by atoms with Crippen LogP contribution in [0.1, 0.15) is 66.9 Å². The van der Waals surface area contributed by atoms with E-state index in [9.17, 15) is 24.0 Å². The van der Waals surface area contributed by atoms with Gasteiger partial charge in [0.2, 0.25) is 29.5 Å². The summed E-state index contributed by atoms with van der Waals surface area (Å²) in [6.45, 7) is 13.8. The Kier molecular flexibility index (Phi) is 11.4. The van der Waals surface area contributed by atoms with Gasteiger partial charge < -0.3 is 21.3 Å². The number of nitrogens with zero attached hydrogens (tertiary/aromatic N) is 1. The molecular weight excluding hydrogens is 486 g/mol. The first-order valence-corrected chi connectivity index (χ1v) is 13.4. The van der Waals surface area contributed by atoms with Crippen molar-refractivity contribution in [3.8, 4) is 0 Å². The van der Waals surface area contributed by atoms with Gasteiger partial charge in [0.1, 0.15) is 12.1 Å². The third-order valence-electron chi connectivity index (χ3n) is 6.60. The van der Waals surface area contributed by atoms with Gasteiger partial charge in [-0.05, 0) is 36.5 Å². The molecule has 210 valence electrons. The molecule has 10 heteroatoms. The fraction of sp³-hybridized carbons (Fsp3) is 0.607. The SMILES string of the molecule is CC(C)NCc1ccc(NC(=O)[C@H](C)NC(=O)[C@@H](NC(=O)CCN2C(=O)CC(C(C)C)C2=O)C(C)C)cc1. The standard InChI is InChI=1S/C28H43N5O5/c1-16(2)22-14-24(35)33(28(22)38)13-12-23(34)32-25(17(3)4)27(37)30-19(7)26(36)31-21-10-8-20(9-11-21)15-29-18(5)6/h8-11,16-19,22,25,29H,12-15H2,1-7H3,(H,30,37)(H,31,36)(H,32,34)/t19-,22?,25-/m0/s1. The monoisotopic (exact) mass is 529 g/mol. The smallest absolute Gasteiger partial charge is 0.246 e. The number of rotatable bonds is 13. The summed E-state index contributed by atoms with van der Waals surface area (Å²) in [6, 6.07) is 6.11.